The highest BCUT2D eigenvalue weighted by atomic mass is 32.2. The average Bonchev–Trinajstić information content (AvgIpc) is 2.83. The van der Waals surface area contributed by atoms with Gasteiger partial charge in [-0.3, -0.25) is 9.59 Å². The number of amides is 2. The zero-order valence-corrected chi connectivity index (χ0v) is 21.5. The van der Waals surface area contributed by atoms with Crippen LogP contribution in [-0.4, -0.2) is 43.3 Å². The molecule has 3 aromatic rings. The zero-order chi connectivity index (χ0) is 25.9. The van der Waals surface area contributed by atoms with Crippen molar-refractivity contribution in [1.29, 1.82) is 0 Å². The lowest BCUT2D eigenvalue weighted by molar-refractivity contribution is -0.120. The van der Waals surface area contributed by atoms with Gasteiger partial charge in [0.15, 0.2) is 0 Å². The van der Waals surface area contributed by atoms with E-state index in [2.05, 4.69) is 10.0 Å². The summed E-state index contributed by atoms with van der Waals surface area (Å²) in [5.74, 6) is -0.488. The maximum Gasteiger partial charge on any atom is 0.254 e. The van der Waals surface area contributed by atoms with Crippen molar-refractivity contribution in [2.24, 2.45) is 0 Å². The molecule has 0 aliphatic carbocycles. The van der Waals surface area contributed by atoms with Crippen molar-refractivity contribution in [3.05, 3.63) is 95.6 Å². The number of benzene rings is 3. The molecule has 1 aliphatic heterocycles. The van der Waals surface area contributed by atoms with Crippen molar-refractivity contribution >= 4 is 27.5 Å². The van der Waals surface area contributed by atoms with Gasteiger partial charge in [0.2, 0.25) is 15.9 Å². The van der Waals surface area contributed by atoms with Gasteiger partial charge in [-0.1, -0.05) is 48.5 Å². The predicted molar refractivity (Wildman–Crippen MR) is 140 cm³/mol. The Hall–Kier alpha value is -3.49. The minimum atomic E-state index is -3.69. The van der Waals surface area contributed by atoms with Crippen molar-refractivity contribution in [1.82, 2.24) is 9.62 Å². The third kappa shape index (κ3) is 6.01. The van der Waals surface area contributed by atoms with Gasteiger partial charge in [-0.25, -0.2) is 13.1 Å². The first-order valence-corrected chi connectivity index (χ1v) is 13.4. The fourth-order valence-corrected chi connectivity index (χ4v) is 5.75. The number of hydrogen-bond donors (Lipinski definition) is 2. The first kappa shape index (κ1) is 25.6. The largest absolute Gasteiger partial charge is 0.326 e. The van der Waals surface area contributed by atoms with Gasteiger partial charge >= 0.3 is 0 Å². The van der Waals surface area contributed by atoms with E-state index in [1.165, 1.54) is 12.1 Å². The Balaban J connectivity index is 1.57. The summed E-state index contributed by atoms with van der Waals surface area (Å²) in [5, 5.41) is 2.88. The molecule has 0 saturated carbocycles. The molecular weight excluding hydrogens is 474 g/mol. The van der Waals surface area contributed by atoms with Gasteiger partial charge in [-0.15, -0.1) is 0 Å². The van der Waals surface area contributed by atoms with Crippen LogP contribution < -0.4 is 10.0 Å². The van der Waals surface area contributed by atoms with Gasteiger partial charge in [0.05, 0.1) is 4.90 Å². The van der Waals surface area contributed by atoms with E-state index in [9.17, 15) is 18.0 Å². The van der Waals surface area contributed by atoms with E-state index in [0.717, 1.165) is 11.1 Å². The van der Waals surface area contributed by atoms with Crippen molar-refractivity contribution < 1.29 is 18.0 Å². The Morgan fingerprint density at radius 2 is 1.58 bits per heavy atom. The Bertz CT molecular complexity index is 1350. The van der Waals surface area contributed by atoms with Crippen molar-refractivity contribution in [3.63, 3.8) is 0 Å². The van der Waals surface area contributed by atoms with Crippen LogP contribution in [0.1, 0.15) is 42.3 Å². The molecule has 36 heavy (non-hydrogen) atoms. The lowest BCUT2D eigenvalue weighted by Crippen LogP contribution is -2.51. The van der Waals surface area contributed by atoms with Crippen LogP contribution in [0.3, 0.4) is 0 Å². The topological polar surface area (TPSA) is 95.6 Å². The second-order valence-corrected chi connectivity index (χ2v) is 11.7. The van der Waals surface area contributed by atoms with Gasteiger partial charge < -0.3 is 10.2 Å². The molecule has 1 heterocycles. The molecule has 0 radical (unpaired) electrons. The van der Waals surface area contributed by atoms with Crippen LogP contribution in [0.2, 0.25) is 0 Å². The number of sulfonamides is 1. The summed E-state index contributed by atoms with van der Waals surface area (Å²) < 4.78 is 27.8. The van der Waals surface area contributed by atoms with Crippen molar-refractivity contribution in [3.8, 4) is 0 Å². The van der Waals surface area contributed by atoms with Crippen LogP contribution in [0.25, 0.3) is 0 Å². The third-order valence-electron chi connectivity index (χ3n) is 5.95. The molecule has 0 aromatic heterocycles. The SMILES string of the molecule is CC(C)(C)NS(=O)(=O)c1ccc(NC(=O)[C@H](Cc2ccccc2)N2CCc3ccccc3C2=O)cc1. The Morgan fingerprint density at radius 3 is 2.25 bits per heavy atom. The van der Waals surface area contributed by atoms with E-state index in [0.29, 0.717) is 30.6 Å². The van der Waals surface area contributed by atoms with E-state index in [1.54, 1.807) is 43.9 Å². The molecule has 4 rings (SSSR count). The Morgan fingerprint density at radius 1 is 0.944 bits per heavy atom. The minimum absolute atomic E-state index is 0.110. The number of rotatable bonds is 7. The average molecular weight is 506 g/mol. The smallest absolute Gasteiger partial charge is 0.254 e. The highest BCUT2D eigenvalue weighted by Gasteiger charge is 2.34. The Labute approximate surface area is 212 Å². The molecule has 0 fully saturated rings. The number of carbonyl (C=O) groups excluding carboxylic acids is 2. The third-order valence-corrected chi connectivity index (χ3v) is 7.73. The van der Waals surface area contributed by atoms with E-state index >= 15 is 0 Å². The van der Waals surface area contributed by atoms with E-state index in [-0.39, 0.29) is 16.7 Å². The lowest BCUT2D eigenvalue weighted by Gasteiger charge is -2.35. The predicted octanol–water partition coefficient (Wildman–Crippen LogP) is 4.01. The molecule has 0 unspecified atom stereocenters. The van der Waals surface area contributed by atoms with Crippen molar-refractivity contribution in [2.75, 3.05) is 11.9 Å². The van der Waals surface area contributed by atoms with Crippen LogP contribution in [0.15, 0.2) is 83.8 Å². The maximum absolute atomic E-state index is 13.5. The first-order chi connectivity index (χ1) is 17.0. The van der Waals surface area contributed by atoms with Crippen LogP contribution in [0, 0.1) is 0 Å². The molecular formula is C28H31N3O4S. The fourth-order valence-electron chi connectivity index (χ4n) is 4.33. The normalized spacial score (nSPS) is 14.8. The highest BCUT2D eigenvalue weighted by Crippen LogP contribution is 2.24. The van der Waals surface area contributed by atoms with Gasteiger partial charge in [-0.05, 0) is 68.7 Å². The molecule has 188 valence electrons. The van der Waals surface area contributed by atoms with Crippen LogP contribution in [0.5, 0.6) is 0 Å². The molecule has 8 heteroatoms. The monoisotopic (exact) mass is 505 g/mol. The summed E-state index contributed by atoms with van der Waals surface area (Å²) in [6, 6.07) is 22.4. The second kappa shape index (κ2) is 10.2. The molecule has 0 spiro atoms. The second-order valence-electron chi connectivity index (χ2n) is 9.98. The number of hydrogen-bond acceptors (Lipinski definition) is 4. The zero-order valence-electron chi connectivity index (χ0n) is 20.7. The molecule has 0 bridgehead atoms. The number of fused-ring (bicyclic) bond motifs is 1. The lowest BCUT2D eigenvalue weighted by atomic mass is 9.95. The first-order valence-electron chi connectivity index (χ1n) is 11.9. The van der Waals surface area contributed by atoms with Crippen LogP contribution in [-0.2, 0) is 27.7 Å². The standard InChI is InChI=1S/C28H31N3O4S/c1-28(2,3)30-36(34,35)23-15-13-22(14-16-23)29-26(32)25(19-20-9-5-4-6-10-20)31-18-17-21-11-7-8-12-24(21)27(31)33/h4-16,25,30H,17-19H2,1-3H3,(H,29,32)/t25-/m0/s1. The molecule has 1 atom stereocenters. The number of nitrogens with one attached hydrogen (secondary N) is 2. The van der Waals surface area contributed by atoms with E-state index in [4.69, 9.17) is 0 Å². The molecule has 3 aromatic carbocycles. The van der Waals surface area contributed by atoms with Crippen molar-refractivity contribution in [2.45, 2.75) is 50.1 Å². The molecule has 2 N–H and O–H groups in total. The molecule has 2 amide bonds. The summed E-state index contributed by atoms with van der Waals surface area (Å²) in [5.41, 5.74) is 2.39. The fraction of sp³-hybridized carbons (Fsp3) is 0.286. The number of nitrogens with zero attached hydrogens (tertiary/aromatic N) is 1. The molecule has 0 saturated heterocycles. The van der Waals surface area contributed by atoms with Crippen LogP contribution >= 0.6 is 0 Å². The molecule has 1 aliphatic rings. The maximum atomic E-state index is 13.5. The summed E-state index contributed by atoms with van der Waals surface area (Å²) in [4.78, 5) is 28.6. The van der Waals surface area contributed by atoms with Gasteiger partial charge in [0.1, 0.15) is 6.04 Å². The minimum Gasteiger partial charge on any atom is -0.326 e. The van der Waals surface area contributed by atoms with E-state index < -0.39 is 21.6 Å². The molecule has 7 nitrogen and oxygen atoms in total. The quantitative estimate of drug-likeness (QED) is 0.507. The van der Waals surface area contributed by atoms with Gasteiger partial charge in [0.25, 0.3) is 5.91 Å². The number of carbonyl (C=O) groups is 2. The summed E-state index contributed by atoms with van der Waals surface area (Å²) >= 11 is 0. The summed E-state index contributed by atoms with van der Waals surface area (Å²) in [7, 11) is -3.69. The van der Waals surface area contributed by atoms with Gasteiger partial charge in [-0.2, -0.15) is 0 Å². The number of anilines is 1. The summed E-state index contributed by atoms with van der Waals surface area (Å²) in [6.45, 7) is 5.75. The highest BCUT2D eigenvalue weighted by molar-refractivity contribution is 7.89. The van der Waals surface area contributed by atoms with E-state index in [1.807, 2.05) is 48.5 Å². The summed E-state index contributed by atoms with van der Waals surface area (Å²) in [6.07, 6.45) is 1.04. The van der Waals surface area contributed by atoms with Crippen LogP contribution in [0.4, 0.5) is 5.69 Å². The van der Waals surface area contributed by atoms with Gasteiger partial charge in [0, 0.05) is 29.8 Å². The Kier molecular flexibility index (Phi) is 7.28.